The lowest BCUT2D eigenvalue weighted by Crippen LogP contribution is -2.54. The summed E-state index contributed by atoms with van der Waals surface area (Å²) in [6.07, 6.45) is 2.17. The van der Waals surface area contributed by atoms with E-state index in [1.807, 2.05) is 0 Å². The molecule has 0 bridgehead atoms. The maximum absolute atomic E-state index is 12.0. The molecule has 1 atom stereocenters. The summed E-state index contributed by atoms with van der Waals surface area (Å²) >= 11 is 1.52. The van der Waals surface area contributed by atoms with E-state index in [0.717, 1.165) is 12.0 Å². The Morgan fingerprint density at radius 2 is 2.00 bits per heavy atom. The van der Waals surface area contributed by atoms with E-state index < -0.39 is 21.3 Å². The third kappa shape index (κ3) is 5.37. The van der Waals surface area contributed by atoms with E-state index in [1.165, 1.54) is 23.9 Å². The molecule has 1 aromatic rings. The number of nitrogens with one attached hydrogen (secondary N) is 1. The molecule has 1 fully saturated rings. The lowest BCUT2D eigenvalue weighted by molar-refractivity contribution is -0.146. The van der Waals surface area contributed by atoms with Crippen LogP contribution in [-0.4, -0.2) is 55.3 Å². The molecule has 2 rings (SSSR count). The molecule has 25 heavy (non-hydrogen) atoms. The highest BCUT2D eigenvalue weighted by atomic mass is 32.2. The molecule has 138 valence electrons. The molecule has 1 aromatic carbocycles. The monoisotopic (exact) mass is 387 g/mol. The molecule has 1 unspecified atom stereocenters. The number of benzene rings is 1. The lowest BCUT2D eigenvalue weighted by atomic mass is 9.99. The van der Waals surface area contributed by atoms with Crippen LogP contribution in [0.2, 0.25) is 0 Å². The highest BCUT2D eigenvalue weighted by Crippen LogP contribution is 2.28. The molecular weight excluding hydrogens is 366 g/mol. The van der Waals surface area contributed by atoms with Crippen molar-refractivity contribution in [3.05, 3.63) is 24.3 Å². The Kier molecular flexibility index (Phi) is 6.34. The van der Waals surface area contributed by atoms with Crippen LogP contribution < -0.4 is 10.1 Å². The van der Waals surface area contributed by atoms with Crippen LogP contribution in [0.1, 0.15) is 19.3 Å². The Hall–Kier alpha value is -1.74. The van der Waals surface area contributed by atoms with Crippen LogP contribution in [-0.2, 0) is 19.4 Å². The smallest absolute Gasteiger partial charge is 0.330 e. The highest BCUT2D eigenvalue weighted by Gasteiger charge is 2.43. The number of hydrogen-bond donors (Lipinski definition) is 2. The summed E-state index contributed by atoms with van der Waals surface area (Å²) in [6.45, 7) is 0.278. The standard InChI is InChI=1S/C16H21NO6S2/c1-25(21,22)13-6-4-12(5-7-13)23-9-2-3-14(18)17-16(15(19)20)8-10-24-11-16/h4-7H,2-3,8-11H2,1H3,(H,17,18)(H,19,20). The first-order valence-corrected chi connectivity index (χ1v) is 10.8. The Morgan fingerprint density at radius 3 is 2.52 bits per heavy atom. The first-order valence-electron chi connectivity index (χ1n) is 7.78. The fraction of sp³-hybridized carbons (Fsp3) is 0.500. The molecule has 0 spiro atoms. The van der Waals surface area contributed by atoms with Crippen molar-refractivity contribution in [2.45, 2.75) is 29.7 Å². The zero-order valence-electron chi connectivity index (χ0n) is 13.9. The average Bonchev–Trinajstić information content (AvgIpc) is 3.01. The minimum Gasteiger partial charge on any atom is -0.494 e. The van der Waals surface area contributed by atoms with Gasteiger partial charge in [0.1, 0.15) is 11.3 Å². The van der Waals surface area contributed by atoms with Crippen LogP contribution in [0.3, 0.4) is 0 Å². The third-order valence-corrected chi connectivity index (χ3v) is 6.20. The predicted molar refractivity (Wildman–Crippen MR) is 94.7 cm³/mol. The van der Waals surface area contributed by atoms with E-state index in [0.29, 0.717) is 24.3 Å². The summed E-state index contributed by atoms with van der Waals surface area (Å²) in [5.74, 6) is 0.326. The number of carbonyl (C=O) groups excluding carboxylic acids is 1. The number of thioether (sulfide) groups is 1. The molecule has 0 radical (unpaired) electrons. The zero-order valence-corrected chi connectivity index (χ0v) is 15.5. The van der Waals surface area contributed by atoms with Gasteiger partial charge in [0.15, 0.2) is 9.84 Å². The van der Waals surface area contributed by atoms with Gasteiger partial charge in [0.25, 0.3) is 0 Å². The van der Waals surface area contributed by atoms with Crippen LogP contribution in [0.15, 0.2) is 29.2 Å². The number of ether oxygens (including phenoxy) is 1. The number of aliphatic carboxylic acids is 1. The number of sulfone groups is 1. The molecule has 0 saturated carbocycles. The van der Waals surface area contributed by atoms with Crippen molar-refractivity contribution < 1.29 is 27.9 Å². The SMILES string of the molecule is CS(=O)(=O)c1ccc(OCCCC(=O)NC2(C(=O)O)CCSC2)cc1. The topological polar surface area (TPSA) is 110 Å². The van der Waals surface area contributed by atoms with Crippen LogP contribution in [0.25, 0.3) is 0 Å². The Bertz CT molecular complexity index is 723. The van der Waals surface area contributed by atoms with Crippen LogP contribution in [0, 0.1) is 0 Å². The van der Waals surface area contributed by atoms with E-state index in [2.05, 4.69) is 5.32 Å². The molecule has 9 heteroatoms. The molecule has 0 aromatic heterocycles. The van der Waals surface area contributed by atoms with Crippen LogP contribution in [0.4, 0.5) is 0 Å². The van der Waals surface area contributed by atoms with E-state index in [-0.39, 0.29) is 23.8 Å². The number of hydrogen-bond acceptors (Lipinski definition) is 6. The quantitative estimate of drug-likeness (QED) is 0.648. The Morgan fingerprint density at radius 1 is 1.32 bits per heavy atom. The molecule has 1 aliphatic heterocycles. The number of rotatable bonds is 8. The van der Waals surface area contributed by atoms with Gasteiger partial charge in [-0.15, -0.1) is 0 Å². The minimum absolute atomic E-state index is 0.168. The Labute approximate surface area is 151 Å². The van der Waals surface area contributed by atoms with Crippen LogP contribution in [0.5, 0.6) is 5.75 Å². The normalized spacial score (nSPS) is 20.2. The highest BCUT2D eigenvalue weighted by molar-refractivity contribution is 7.99. The maximum atomic E-state index is 12.0. The van der Waals surface area contributed by atoms with Gasteiger partial charge in [-0.05, 0) is 42.9 Å². The largest absolute Gasteiger partial charge is 0.494 e. The second-order valence-electron chi connectivity index (χ2n) is 5.93. The number of carboxylic acids is 1. The molecular formula is C16H21NO6S2. The minimum atomic E-state index is -3.24. The van der Waals surface area contributed by atoms with Crippen molar-refractivity contribution in [3.63, 3.8) is 0 Å². The van der Waals surface area contributed by atoms with E-state index >= 15 is 0 Å². The molecule has 1 aliphatic rings. The van der Waals surface area contributed by atoms with Crippen LogP contribution >= 0.6 is 11.8 Å². The van der Waals surface area contributed by atoms with Crippen molar-refractivity contribution in [1.29, 1.82) is 0 Å². The van der Waals surface area contributed by atoms with Crippen molar-refractivity contribution in [2.24, 2.45) is 0 Å². The van der Waals surface area contributed by atoms with Crippen molar-refractivity contribution in [3.8, 4) is 5.75 Å². The second kappa shape index (κ2) is 8.09. The van der Waals surface area contributed by atoms with Gasteiger partial charge < -0.3 is 15.2 Å². The summed E-state index contributed by atoms with van der Waals surface area (Å²) in [4.78, 5) is 23.6. The fourth-order valence-corrected chi connectivity index (χ4v) is 4.38. The summed E-state index contributed by atoms with van der Waals surface area (Å²) in [6, 6.07) is 6.05. The van der Waals surface area contributed by atoms with Gasteiger partial charge in [0.2, 0.25) is 5.91 Å². The maximum Gasteiger partial charge on any atom is 0.330 e. The van der Waals surface area contributed by atoms with Gasteiger partial charge in [-0.25, -0.2) is 13.2 Å². The van der Waals surface area contributed by atoms with Gasteiger partial charge in [-0.3, -0.25) is 4.79 Å². The van der Waals surface area contributed by atoms with E-state index in [4.69, 9.17) is 4.74 Å². The summed E-state index contributed by atoms with van der Waals surface area (Å²) in [5.41, 5.74) is -1.15. The first kappa shape index (κ1) is 19.6. The van der Waals surface area contributed by atoms with Crippen molar-refractivity contribution >= 4 is 33.5 Å². The van der Waals surface area contributed by atoms with Gasteiger partial charge >= 0.3 is 5.97 Å². The lowest BCUT2D eigenvalue weighted by Gasteiger charge is -2.24. The summed E-state index contributed by atoms with van der Waals surface area (Å²) < 4.78 is 28.2. The molecule has 1 heterocycles. The summed E-state index contributed by atoms with van der Waals surface area (Å²) in [7, 11) is -3.24. The Balaban J connectivity index is 1.75. The summed E-state index contributed by atoms with van der Waals surface area (Å²) in [5, 5.41) is 11.9. The first-order chi connectivity index (χ1) is 11.7. The molecule has 0 aliphatic carbocycles. The fourth-order valence-electron chi connectivity index (χ4n) is 2.42. The van der Waals surface area contributed by atoms with Gasteiger partial charge in [0.05, 0.1) is 11.5 Å². The zero-order chi connectivity index (χ0) is 18.5. The number of amides is 1. The van der Waals surface area contributed by atoms with E-state index in [1.54, 1.807) is 12.1 Å². The van der Waals surface area contributed by atoms with E-state index in [9.17, 15) is 23.1 Å². The van der Waals surface area contributed by atoms with Crippen molar-refractivity contribution in [1.82, 2.24) is 5.32 Å². The number of carboxylic acid groups (broad SMARTS) is 1. The molecule has 1 amide bonds. The van der Waals surface area contributed by atoms with Crippen molar-refractivity contribution in [2.75, 3.05) is 24.4 Å². The van der Waals surface area contributed by atoms with Gasteiger partial charge in [-0.1, -0.05) is 0 Å². The molecule has 1 saturated heterocycles. The third-order valence-electron chi connectivity index (χ3n) is 3.88. The second-order valence-corrected chi connectivity index (χ2v) is 9.05. The average molecular weight is 387 g/mol. The predicted octanol–water partition coefficient (Wildman–Crippen LogP) is 1.33. The van der Waals surface area contributed by atoms with Gasteiger partial charge in [-0.2, -0.15) is 11.8 Å². The van der Waals surface area contributed by atoms with Gasteiger partial charge in [0, 0.05) is 18.4 Å². The molecule has 2 N–H and O–H groups in total. The number of carbonyl (C=O) groups is 2. The molecule has 7 nitrogen and oxygen atoms in total.